The number of nitrogens with two attached hydrogens (primary N) is 1. The first-order valence-corrected chi connectivity index (χ1v) is 10.9. The molecule has 176 valence electrons. The smallest absolute Gasteiger partial charge is 0.243 e. The summed E-state index contributed by atoms with van der Waals surface area (Å²) in [6.07, 6.45) is 0.551. The normalized spacial score (nSPS) is 19.6. The molecule has 4 N–H and O–H groups in total. The van der Waals surface area contributed by atoms with E-state index in [4.69, 9.17) is 15.2 Å². The molecule has 4 atom stereocenters. The van der Waals surface area contributed by atoms with Crippen LogP contribution >= 0.6 is 0 Å². The molecule has 3 rings (SSSR count). The van der Waals surface area contributed by atoms with Crippen LogP contribution < -0.4 is 21.1 Å². The molecule has 2 aromatic carbocycles. The summed E-state index contributed by atoms with van der Waals surface area (Å²) in [6, 6.07) is 14.2. The standard InChI is InChI=1S/C25H31N3O5/c1-16(26)23(30)28-21(14-18-9-11-19(32-3)12-10-18)24(31)27-20(22(29)25(2)15-33-25)13-17-7-5-4-6-8-17/h4-12,16,20-21H,13-15,26H2,1-3H3,(H,27,31)(H,28,30)/t16-,20+,21+,25-/m1/s1. The zero-order valence-electron chi connectivity index (χ0n) is 19.2. The first kappa shape index (κ1) is 24.4. The minimum Gasteiger partial charge on any atom is -0.497 e. The van der Waals surface area contributed by atoms with E-state index in [0.717, 1.165) is 11.1 Å². The molecule has 8 nitrogen and oxygen atoms in total. The van der Waals surface area contributed by atoms with Crippen molar-refractivity contribution in [3.63, 3.8) is 0 Å². The summed E-state index contributed by atoms with van der Waals surface area (Å²) in [5, 5.41) is 5.56. The Labute approximate surface area is 193 Å². The lowest BCUT2D eigenvalue weighted by Gasteiger charge is -2.25. The number of ketones is 1. The van der Waals surface area contributed by atoms with Gasteiger partial charge >= 0.3 is 0 Å². The van der Waals surface area contributed by atoms with Gasteiger partial charge in [0, 0.05) is 6.42 Å². The van der Waals surface area contributed by atoms with Gasteiger partial charge in [0.05, 0.1) is 25.8 Å². The predicted octanol–water partition coefficient (Wildman–Crippen LogP) is 1.16. The van der Waals surface area contributed by atoms with Gasteiger partial charge in [0.25, 0.3) is 0 Å². The van der Waals surface area contributed by atoms with Gasteiger partial charge in [-0.25, -0.2) is 0 Å². The lowest BCUT2D eigenvalue weighted by atomic mass is 9.94. The number of epoxide rings is 1. The summed E-state index contributed by atoms with van der Waals surface area (Å²) in [5.41, 5.74) is 6.54. The summed E-state index contributed by atoms with van der Waals surface area (Å²) in [7, 11) is 1.57. The van der Waals surface area contributed by atoms with Crippen molar-refractivity contribution in [3.05, 3.63) is 65.7 Å². The van der Waals surface area contributed by atoms with Crippen LogP contribution in [0.1, 0.15) is 25.0 Å². The number of rotatable bonds is 11. The van der Waals surface area contributed by atoms with Gasteiger partial charge in [0.2, 0.25) is 11.8 Å². The summed E-state index contributed by atoms with van der Waals surface area (Å²) >= 11 is 0. The maximum atomic E-state index is 13.3. The second kappa shape index (κ2) is 10.6. The van der Waals surface area contributed by atoms with Gasteiger partial charge in [-0.2, -0.15) is 0 Å². The Balaban J connectivity index is 1.79. The van der Waals surface area contributed by atoms with Crippen LogP contribution in [0.2, 0.25) is 0 Å². The molecule has 0 aromatic heterocycles. The van der Waals surface area contributed by atoms with Gasteiger partial charge in [-0.05, 0) is 43.5 Å². The van der Waals surface area contributed by atoms with E-state index in [0.29, 0.717) is 18.8 Å². The first-order chi connectivity index (χ1) is 15.7. The summed E-state index contributed by atoms with van der Waals surface area (Å²) in [5.74, 6) is -0.419. The van der Waals surface area contributed by atoms with Crippen LogP contribution in [-0.4, -0.2) is 55.0 Å². The van der Waals surface area contributed by atoms with E-state index in [1.54, 1.807) is 33.1 Å². The molecule has 2 aromatic rings. The largest absolute Gasteiger partial charge is 0.497 e. The number of carbonyl (C=O) groups is 3. The van der Waals surface area contributed by atoms with E-state index in [1.165, 1.54) is 0 Å². The quantitative estimate of drug-likeness (QED) is 0.439. The fraction of sp³-hybridized carbons (Fsp3) is 0.400. The maximum absolute atomic E-state index is 13.3. The number of carbonyl (C=O) groups excluding carboxylic acids is 3. The third-order valence-electron chi connectivity index (χ3n) is 5.66. The van der Waals surface area contributed by atoms with E-state index in [-0.39, 0.29) is 12.2 Å². The van der Waals surface area contributed by atoms with Crippen LogP contribution in [0, 0.1) is 0 Å². The third-order valence-corrected chi connectivity index (χ3v) is 5.66. The minimum atomic E-state index is -0.907. The zero-order valence-corrected chi connectivity index (χ0v) is 19.2. The van der Waals surface area contributed by atoms with Crippen LogP contribution in [-0.2, 0) is 32.0 Å². The lowest BCUT2D eigenvalue weighted by Crippen LogP contribution is -2.56. The average Bonchev–Trinajstić information content (AvgIpc) is 3.57. The van der Waals surface area contributed by atoms with Crippen molar-refractivity contribution in [3.8, 4) is 5.75 Å². The van der Waals surface area contributed by atoms with Crippen molar-refractivity contribution in [1.82, 2.24) is 10.6 Å². The number of hydrogen-bond donors (Lipinski definition) is 3. The molecule has 0 unspecified atom stereocenters. The van der Waals surface area contributed by atoms with Crippen molar-refractivity contribution in [2.24, 2.45) is 5.73 Å². The van der Waals surface area contributed by atoms with Gasteiger partial charge in [-0.1, -0.05) is 42.5 Å². The summed E-state index contributed by atoms with van der Waals surface area (Å²) < 4.78 is 10.5. The van der Waals surface area contributed by atoms with E-state index < -0.39 is 35.5 Å². The molecule has 0 radical (unpaired) electrons. The van der Waals surface area contributed by atoms with E-state index in [1.807, 2.05) is 42.5 Å². The Morgan fingerprint density at radius 3 is 2.06 bits per heavy atom. The third kappa shape index (κ3) is 6.63. The van der Waals surface area contributed by atoms with E-state index >= 15 is 0 Å². The molecule has 1 fully saturated rings. The molecule has 1 aliphatic rings. The Morgan fingerprint density at radius 1 is 0.970 bits per heavy atom. The zero-order chi connectivity index (χ0) is 24.0. The molecule has 0 aliphatic carbocycles. The number of ether oxygens (including phenoxy) is 2. The maximum Gasteiger partial charge on any atom is 0.243 e. The summed E-state index contributed by atoms with van der Waals surface area (Å²) in [4.78, 5) is 38.7. The second-order valence-electron chi connectivity index (χ2n) is 8.54. The van der Waals surface area contributed by atoms with Crippen LogP contribution in [0.25, 0.3) is 0 Å². The molecule has 0 bridgehead atoms. The number of hydrogen-bond acceptors (Lipinski definition) is 6. The van der Waals surface area contributed by atoms with Crippen LogP contribution in [0.15, 0.2) is 54.6 Å². The molecule has 33 heavy (non-hydrogen) atoms. The van der Waals surface area contributed by atoms with Gasteiger partial charge < -0.3 is 25.8 Å². The van der Waals surface area contributed by atoms with Gasteiger partial charge in [-0.3, -0.25) is 14.4 Å². The fourth-order valence-corrected chi connectivity index (χ4v) is 3.46. The second-order valence-corrected chi connectivity index (χ2v) is 8.54. The molecular formula is C25H31N3O5. The first-order valence-electron chi connectivity index (χ1n) is 10.9. The van der Waals surface area contributed by atoms with Crippen LogP contribution in [0.3, 0.4) is 0 Å². The van der Waals surface area contributed by atoms with Crippen LogP contribution in [0.5, 0.6) is 5.75 Å². The molecule has 0 spiro atoms. The van der Waals surface area contributed by atoms with Crippen molar-refractivity contribution < 1.29 is 23.9 Å². The number of Topliss-reactive ketones (excluding diaryl/α,β-unsaturated/α-hetero) is 1. The molecule has 2 amide bonds. The topological polar surface area (TPSA) is 123 Å². The van der Waals surface area contributed by atoms with E-state index in [2.05, 4.69) is 10.6 Å². The monoisotopic (exact) mass is 453 g/mol. The van der Waals surface area contributed by atoms with Gasteiger partial charge in [0.1, 0.15) is 17.4 Å². The van der Waals surface area contributed by atoms with Gasteiger partial charge in [-0.15, -0.1) is 0 Å². The molecule has 1 saturated heterocycles. The Hall–Kier alpha value is -3.23. The average molecular weight is 454 g/mol. The number of nitrogens with one attached hydrogen (secondary N) is 2. The Bertz CT molecular complexity index is 971. The van der Waals surface area contributed by atoms with Crippen LogP contribution in [0.4, 0.5) is 0 Å². The van der Waals surface area contributed by atoms with E-state index in [9.17, 15) is 14.4 Å². The predicted molar refractivity (Wildman–Crippen MR) is 124 cm³/mol. The van der Waals surface area contributed by atoms with Crippen molar-refractivity contribution in [1.29, 1.82) is 0 Å². The Kier molecular flexibility index (Phi) is 7.84. The molecular weight excluding hydrogens is 422 g/mol. The SMILES string of the molecule is COc1ccc(C[C@H](NC(=O)[C@@H](C)N)C(=O)N[C@@H](Cc2ccccc2)C(=O)[C@@]2(C)CO2)cc1. The van der Waals surface area contributed by atoms with Gasteiger partial charge in [0.15, 0.2) is 5.78 Å². The molecule has 8 heteroatoms. The molecule has 0 saturated carbocycles. The Morgan fingerprint density at radius 2 is 1.52 bits per heavy atom. The number of amides is 2. The van der Waals surface area contributed by atoms with Crippen molar-refractivity contribution >= 4 is 17.6 Å². The summed E-state index contributed by atoms with van der Waals surface area (Å²) in [6.45, 7) is 3.58. The van der Waals surface area contributed by atoms with Crippen molar-refractivity contribution in [2.75, 3.05) is 13.7 Å². The fourth-order valence-electron chi connectivity index (χ4n) is 3.46. The highest BCUT2D eigenvalue weighted by Crippen LogP contribution is 2.29. The highest BCUT2D eigenvalue weighted by molar-refractivity contribution is 5.98. The number of methoxy groups -OCH3 is 1. The highest BCUT2D eigenvalue weighted by Gasteiger charge is 2.50. The highest BCUT2D eigenvalue weighted by atomic mass is 16.6. The number of benzene rings is 2. The minimum absolute atomic E-state index is 0.193. The molecule has 1 heterocycles. The van der Waals surface area contributed by atoms with Crippen molar-refractivity contribution in [2.45, 2.75) is 50.4 Å². The lowest BCUT2D eigenvalue weighted by molar-refractivity contribution is -0.133. The molecule has 1 aliphatic heterocycles.